The normalized spacial score (nSPS) is 11.2. The van der Waals surface area contributed by atoms with E-state index in [0.29, 0.717) is 22.8 Å². The summed E-state index contributed by atoms with van der Waals surface area (Å²) in [5.41, 5.74) is 1.22. The molecule has 0 atom stereocenters. The second kappa shape index (κ2) is 7.89. The van der Waals surface area contributed by atoms with Gasteiger partial charge in [-0.1, -0.05) is 23.7 Å². The molecule has 3 rings (SSSR count). The molecule has 0 unspecified atom stereocenters. The molecule has 10 heteroatoms. The predicted molar refractivity (Wildman–Crippen MR) is 98.4 cm³/mol. The molecule has 0 aliphatic heterocycles. The predicted octanol–water partition coefficient (Wildman–Crippen LogP) is 5.62. The summed E-state index contributed by atoms with van der Waals surface area (Å²) in [5.74, 6) is -0.364. The molecule has 0 radical (unpaired) electrons. The maximum Gasteiger partial charge on any atom is 0.573 e. The van der Waals surface area contributed by atoms with Crippen LogP contribution in [0.1, 0.15) is 0 Å². The molecule has 0 spiro atoms. The largest absolute Gasteiger partial charge is 0.573 e. The van der Waals surface area contributed by atoms with Gasteiger partial charge in [-0.2, -0.15) is 4.98 Å². The van der Waals surface area contributed by atoms with E-state index in [-0.39, 0.29) is 16.7 Å². The second-order valence-corrected chi connectivity index (χ2v) is 5.95. The standard InChI is InChI=1S/C18H13ClF4N4O/c1-24-17-26-15(10-3-2-4-12(7-10)28-18(21,22)23)9-16(27-17)25-11-5-6-14(20)13(19)8-11/h2-9H,1H3,(H2,24,25,26,27). The monoisotopic (exact) mass is 412 g/mol. The molecule has 2 aromatic carbocycles. The number of benzene rings is 2. The van der Waals surface area contributed by atoms with Gasteiger partial charge in [0.1, 0.15) is 17.4 Å². The Morgan fingerprint density at radius 3 is 2.50 bits per heavy atom. The Hall–Kier alpha value is -3.07. The van der Waals surface area contributed by atoms with Crippen molar-refractivity contribution in [3.63, 3.8) is 0 Å². The first-order valence-electron chi connectivity index (χ1n) is 7.88. The fourth-order valence-electron chi connectivity index (χ4n) is 2.35. The van der Waals surface area contributed by atoms with E-state index in [2.05, 4.69) is 25.3 Å². The van der Waals surface area contributed by atoms with Crippen LogP contribution in [0.5, 0.6) is 5.75 Å². The quantitative estimate of drug-likeness (QED) is 0.533. The lowest BCUT2D eigenvalue weighted by Gasteiger charge is -2.12. The van der Waals surface area contributed by atoms with Gasteiger partial charge in [-0.05, 0) is 30.3 Å². The van der Waals surface area contributed by atoms with Gasteiger partial charge in [-0.15, -0.1) is 13.2 Å². The molecular formula is C18H13ClF4N4O. The Bertz CT molecular complexity index is 998. The minimum Gasteiger partial charge on any atom is -0.406 e. The van der Waals surface area contributed by atoms with Crippen LogP contribution in [0.25, 0.3) is 11.3 Å². The molecule has 2 N–H and O–H groups in total. The van der Waals surface area contributed by atoms with Gasteiger partial charge in [0.05, 0.1) is 10.7 Å². The summed E-state index contributed by atoms with van der Waals surface area (Å²) in [4.78, 5) is 8.47. The highest BCUT2D eigenvalue weighted by Gasteiger charge is 2.31. The lowest BCUT2D eigenvalue weighted by molar-refractivity contribution is -0.274. The Balaban J connectivity index is 1.95. The molecule has 0 saturated heterocycles. The summed E-state index contributed by atoms with van der Waals surface area (Å²) < 4.78 is 54.6. The third-order valence-electron chi connectivity index (χ3n) is 3.51. The average Bonchev–Trinajstić information content (AvgIpc) is 2.63. The third-order valence-corrected chi connectivity index (χ3v) is 3.79. The summed E-state index contributed by atoms with van der Waals surface area (Å²) in [5, 5.41) is 5.67. The molecule has 146 valence electrons. The Morgan fingerprint density at radius 2 is 1.82 bits per heavy atom. The first-order valence-corrected chi connectivity index (χ1v) is 8.26. The molecule has 5 nitrogen and oxygen atoms in total. The van der Waals surface area contributed by atoms with Gasteiger partial charge >= 0.3 is 6.36 Å². The topological polar surface area (TPSA) is 59.1 Å². The number of aromatic nitrogens is 2. The van der Waals surface area contributed by atoms with Crippen molar-refractivity contribution < 1.29 is 22.3 Å². The maximum atomic E-state index is 13.3. The second-order valence-electron chi connectivity index (χ2n) is 5.54. The van der Waals surface area contributed by atoms with Crippen LogP contribution in [-0.2, 0) is 0 Å². The Morgan fingerprint density at radius 1 is 1.04 bits per heavy atom. The molecule has 1 aromatic heterocycles. The van der Waals surface area contributed by atoms with Crippen molar-refractivity contribution in [3.05, 3.63) is 59.4 Å². The first-order chi connectivity index (χ1) is 13.2. The molecule has 28 heavy (non-hydrogen) atoms. The highest BCUT2D eigenvalue weighted by atomic mass is 35.5. The van der Waals surface area contributed by atoms with Crippen molar-refractivity contribution in [2.75, 3.05) is 17.7 Å². The van der Waals surface area contributed by atoms with E-state index in [4.69, 9.17) is 11.6 Å². The molecule has 0 aliphatic carbocycles. The highest BCUT2D eigenvalue weighted by molar-refractivity contribution is 6.31. The van der Waals surface area contributed by atoms with Crippen molar-refractivity contribution in [1.82, 2.24) is 9.97 Å². The smallest absolute Gasteiger partial charge is 0.406 e. The van der Waals surface area contributed by atoms with Crippen LogP contribution in [0.4, 0.5) is 35.0 Å². The zero-order valence-electron chi connectivity index (χ0n) is 14.3. The summed E-state index contributed by atoms with van der Waals surface area (Å²) in [6.45, 7) is 0. The van der Waals surface area contributed by atoms with Crippen LogP contribution in [0.2, 0.25) is 5.02 Å². The van der Waals surface area contributed by atoms with Gasteiger partial charge in [-0.3, -0.25) is 0 Å². The van der Waals surface area contributed by atoms with Crippen molar-refractivity contribution in [2.24, 2.45) is 0 Å². The van der Waals surface area contributed by atoms with E-state index < -0.39 is 12.2 Å². The molecule has 0 aliphatic rings. The minimum atomic E-state index is -4.80. The molecular weight excluding hydrogens is 400 g/mol. The van der Waals surface area contributed by atoms with Crippen LogP contribution in [0.3, 0.4) is 0 Å². The summed E-state index contributed by atoms with van der Waals surface area (Å²) in [6, 6.07) is 11.0. The number of alkyl halides is 3. The van der Waals surface area contributed by atoms with Gasteiger partial charge in [0.15, 0.2) is 0 Å². The van der Waals surface area contributed by atoms with Crippen LogP contribution in [-0.4, -0.2) is 23.4 Å². The van der Waals surface area contributed by atoms with E-state index >= 15 is 0 Å². The SMILES string of the molecule is CNc1nc(Nc2ccc(F)c(Cl)c2)cc(-c2cccc(OC(F)(F)F)c2)n1. The van der Waals surface area contributed by atoms with Crippen molar-refractivity contribution in [2.45, 2.75) is 6.36 Å². The van der Waals surface area contributed by atoms with Crippen LogP contribution in [0.15, 0.2) is 48.5 Å². The number of rotatable bonds is 5. The number of ether oxygens (including phenoxy) is 1. The summed E-state index contributed by atoms with van der Waals surface area (Å²) in [6.07, 6.45) is -4.80. The van der Waals surface area contributed by atoms with Gasteiger partial charge in [0.25, 0.3) is 0 Å². The van der Waals surface area contributed by atoms with Crippen LogP contribution >= 0.6 is 11.6 Å². The number of nitrogens with one attached hydrogen (secondary N) is 2. The number of hydrogen-bond donors (Lipinski definition) is 2. The first kappa shape index (κ1) is 19.7. The average molecular weight is 413 g/mol. The number of halogens is 5. The fourth-order valence-corrected chi connectivity index (χ4v) is 2.53. The zero-order valence-corrected chi connectivity index (χ0v) is 15.1. The van der Waals surface area contributed by atoms with Crippen molar-refractivity contribution in [3.8, 4) is 17.0 Å². The molecule has 3 aromatic rings. The van der Waals surface area contributed by atoms with Crippen LogP contribution < -0.4 is 15.4 Å². The molecule has 0 fully saturated rings. The molecule has 0 saturated carbocycles. The Kier molecular flexibility index (Phi) is 5.55. The van der Waals surface area contributed by atoms with Gasteiger partial charge in [-0.25, -0.2) is 9.37 Å². The van der Waals surface area contributed by atoms with Crippen molar-refractivity contribution in [1.29, 1.82) is 0 Å². The van der Waals surface area contributed by atoms with E-state index in [1.165, 1.54) is 42.5 Å². The molecule has 0 amide bonds. The fraction of sp³-hybridized carbons (Fsp3) is 0.111. The third kappa shape index (κ3) is 5.01. The van der Waals surface area contributed by atoms with Gasteiger partial charge < -0.3 is 15.4 Å². The van der Waals surface area contributed by atoms with Gasteiger partial charge in [0, 0.05) is 24.4 Å². The number of anilines is 3. The zero-order chi connectivity index (χ0) is 20.3. The molecule has 0 bridgehead atoms. The lowest BCUT2D eigenvalue weighted by Crippen LogP contribution is -2.17. The summed E-state index contributed by atoms with van der Waals surface area (Å²) >= 11 is 5.77. The maximum absolute atomic E-state index is 13.3. The van der Waals surface area contributed by atoms with Gasteiger partial charge in [0.2, 0.25) is 5.95 Å². The van der Waals surface area contributed by atoms with Crippen LogP contribution in [0, 0.1) is 5.82 Å². The minimum absolute atomic E-state index is 0.0647. The van der Waals surface area contributed by atoms with E-state index in [0.717, 1.165) is 0 Å². The molecule has 1 heterocycles. The highest BCUT2D eigenvalue weighted by Crippen LogP contribution is 2.29. The van der Waals surface area contributed by atoms with E-state index in [1.54, 1.807) is 13.1 Å². The van der Waals surface area contributed by atoms with E-state index in [9.17, 15) is 17.6 Å². The number of hydrogen-bond acceptors (Lipinski definition) is 5. The Labute approximate surface area is 162 Å². The lowest BCUT2D eigenvalue weighted by atomic mass is 10.1. The van der Waals surface area contributed by atoms with E-state index in [1.807, 2.05) is 0 Å². The van der Waals surface area contributed by atoms with Crippen molar-refractivity contribution >= 4 is 29.1 Å². The number of nitrogens with zero attached hydrogens (tertiary/aromatic N) is 2. The summed E-state index contributed by atoms with van der Waals surface area (Å²) in [7, 11) is 1.60.